The van der Waals surface area contributed by atoms with Crippen molar-refractivity contribution < 1.29 is 9.53 Å². The Labute approximate surface area is 64.1 Å². The van der Waals surface area contributed by atoms with Crippen molar-refractivity contribution in [3.63, 3.8) is 0 Å². The first kappa shape index (κ1) is 8.85. The highest BCUT2D eigenvalue weighted by Crippen LogP contribution is 1.94. The fourth-order valence-corrected chi connectivity index (χ4v) is 0.552. The smallest absolute Gasteiger partial charge is 0.312 e. The number of thiocarbonyl (C=S) groups is 1. The molecule has 0 fully saturated rings. The van der Waals surface area contributed by atoms with Gasteiger partial charge in [0.2, 0.25) is 0 Å². The molecule has 0 aliphatic heterocycles. The SMILES string of the molecule is CCOC(=O)CC(=S)Cl. The molecule has 0 aliphatic rings. The lowest BCUT2D eigenvalue weighted by atomic mass is 10.5. The second kappa shape index (κ2) is 4.70. The van der Waals surface area contributed by atoms with E-state index in [1.807, 2.05) is 0 Å². The fraction of sp³-hybridized carbons (Fsp3) is 0.600. The first-order valence-electron chi connectivity index (χ1n) is 2.50. The van der Waals surface area contributed by atoms with Crippen LogP contribution in [-0.4, -0.2) is 16.9 Å². The molecule has 0 atom stereocenters. The Morgan fingerprint density at radius 2 is 2.33 bits per heavy atom. The zero-order chi connectivity index (χ0) is 7.28. The van der Waals surface area contributed by atoms with Gasteiger partial charge in [0.05, 0.1) is 17.4 Å². The Morgan fingerprint density at radius 1 is 1.78 bits per heavy atom. The van der Waals surface area contributed by atoms with Gasteiger partial charge < -0.3 is 4.74 Å². The van der Waals surface area contributed by atoms with Crippen LogP contribution < -0.4 is 0 Å². The highest BCUT2D eigenvalue weighted by molar-refractivity contribution is 7.83. The maximum atomic E-state index is 10.5. The monoisotopic (exact) mass is 166 g/mol. The third kappa shape index (κ3) is 5.73. The van der Waals surface area contributed by atoms with E-state index in [9.17, 15) is 4.79 Å². The largest absolute Gasteiger partial charge is 0.466 e. The van der Waals surface area contributed by atoms with Crippen LogP contribution in [0.1, 0.15) is 13.3 Å². The van der Waals surface area contributed by atoms with Crippen LogP contribution in [0, 0.1) is 0 Å². The summed E-state index contributed by atoms with van der Waals surface area (Å²) in [5, 5.41) is 0. The van der Waals surface area contributed by atoms with Gasteiger partial charge in [-0.15, -0.1) is 0 Å². The van der Waals surface area contributed by atoms with E-state index < -0.39 is 0 Å². The fourth-order valence-electron chi connectivity index (χ4n) is 0.325. The van der Waals surface area contributed by atoms with E-state index in [0.717, 1.165) is 0 Å². The Hall–Kier alpha value is -0.150. The lowest BCUT2D eigenvalue weighted by Crippen LogP contribution is -2.05. The first-order valence-corrected chi connectivity index (χ1v) is 3.29. The molecule has 9 heavy (non-hydrogen) atoms. The number of rotatable bonds is 3. The molecule has 0 aromatic heterocycles. The van der Waals surface area contributed by atoms with Gasteiger partial charge in [-0.1, -0.05) is 23.8 Å². The van der Waals surface area contributed by atoms with Gasteiger partial charge in [0, 0.05) is 0 Å². The topological polar surface area (TPSA) is 26.3 Å². The zero-order valence-corrected chi connectivity index (χ0v) is 6.59. The summed E-state index contributed by atoms with van der Waals surface area (Å²) in [6, 6.07) is 0. The lowest BCUT2D eigenvalue weighted by molar-refractivity contribution is -0.141. The average Bonchev–Trinajstić information content (AvgIpc) is 1.63. The Morgan fingerprint density at radius 3 is 2.67 bits per heavy atom. The van der Waals surface area contributed by atoms with Gasteiger partial charge in [0.15, 0.2) is 0 Å². The van der Waals surface area contributed by atoms with E-state index in [1.165, 1.54) is 0 Å². The van der Waals surface area contributed by atoms with Crippen LogP contribution in [0.5, 0.6) is 0 Å². The molecule has 2 nitrogen and oxygen atoms in total. The van der Waals surface area contributed by atoms with Gasteiger partial charge >= 0.3 is 5.97 Å². The normalized spacial score (nSPS) is 8.67. The van der Waals surface area contributed by atoms with Crippen molar-refractivity contribution in [1.82, 2.24) is 0 Å². The van der Waals surface area contributed by atoms with Gasteiger partial charge in [-0.2, -0.15) is 0 Å². The molecule has 0 aliphatic carbocycles. The molecule has 0 bridgehead atoms. The summed E-state index contributed by atoms with van der Waals surface area (Å²) >= 11 is 9.69. The zero-order valence-electron chi connectivity index (χ0n) is 5.02. The van der Waals surface area contributed by atoms with Crippen molar-refractivity contribution in [2.24, 2.45) is 0 Å². The first-order chi connectivity index (χ1) is 4.16. The van der Waals surface area contributed by atoms with E-state index in [0.29, 0.717) is 6.61 Å². The van der Waals surface area contributed by atoms with Crippen molar-refractivity contribution >= 4 is 34.1 Å². The van der Waals surface area contributed by atoms with Gasteiger partial charge in [0.25, 0.3) is 0 Å². The third-order valence-electron chi connectivity index (χ3n) is 0.589. The number of esters is 1. The minimum atomic E-state index is -0.363. The summed E-state index contributed by atoms with van der Waals surface area (Å²) in [7, 11) is 0. The van der Waals surface area contributed by atoms with Crippen LogP contribution in [0.4, 0.5) is 0 Å². The number of carbonyl (C=O) groups excluding carboxylic acids is 1. The molecular weight excluding hydrogens is 160 g/mol. The minimum Gasteiger partial charge on any atom is -0.466 e. The standard InChI is InChI=1S/C5H7ClO2S/c1-2-8-5(7)3-4(6)9/h2-3H2,1H3. The molecule has 0 spiro atoms. The highest BCUT2D eigenvalue weighted by atomic mass is 35.5. The molecule has 4 heteroatoms. The van der Waals surface area contributed by atoms with Crippen LogP contribution in [-0.2, 0) is 9.53 Å². The van der Waals surface area contributed by atoms with E-state index >= 15 is 0 Å². The van der Waals surface area contributed by atoms with Crippen molar-refractivity contribution in [3.05, 3.63) is 0 Å². The molecule has 0 unspecified atom stereocenters. The van der Waals surface area contributed by atoms with E-state index in [-0.39, 0.29) is 16.7 Å². The second-order valence-electron chi connectivity index (χ2n) is 1.34. The van der Waals surface area contributed by atoms with Crippen LogP contribution in [0.15, 0.2) is 0 Å². The van der Waals surface area contributed by atoms with Crippen LogP contribution in [0.2, 0.25) is 0 Å². The molecule has 0 radical (unpaired) electrons. The second-order valence-corrected chi connectivity index (χ2v) is 2.51. The molecule has 52 valence electrons. The predicted octanol–water partition coefficient (Wildman–Crippen LogP) is 1.51. The summed E-state index contributed by atoms with van der Waals surface area (Å²) in [4.78, 5) is 10.5. The molecule has 0 N–H and O–H groups in total. The van der Waals surface area contributed by atoms with Gasteiger partial charge in [-0.05, 0) is 6.92 Å². The number of ether oxygens (including phenoxy) is 1. The number of hydrogen-bond acceptors (Lipinski definition) is 3. The lowest BCUT2D eigenvalue weighted by Gasteiger charge is -1.96. The average molecular weight is 167 g/mol. The highest BCUT2D eigenvalue weighted by Gasteiger charge is 2.02. The molecule has 0 aromatic carbocycles. The molecular formula is C5H7ClO2S. The molecule has 0 rings (SSSR count). The number of halogens is 1. The van der Waals surface area contributed by atoms with Crippen molar-refractivity contribution in [3.8, 4) is 0 Å². The predicted molar refractivity (Wildman–Crippen MR) is 39.7 cm³/mol. The Kier molecular flexibility index (Phi) is 4.62. The summed E-state index contributed by atoms with van der Waals surface area (Å²) in [5.74, 6) is -0.363. The summed E-state index contributed by atoms with van der Waals surface area (Å²) in [6.45, 7) is 2.10. The molecule has 0 saturated carbocycles. The van der Waals surface area contributed by atoms with Gasteiger partial charge in [-0.3, -0.25) is 4.79 Å². The number of hydrogen-bond donors (Lipinski definition) is 0. The van der Waals surface area contributed by atoms with E-state index in [2.05, 4.69) is 17.0 Å². The van der Waals surface area contributed by atoms with Crippen LogP contribution in [0.25, 0.3) is 0 Å². The number of carbonyl (C=O) groups is 1. The van der Waals surface area contributed by atoms with Gasteiger partial charge in [-0.25, -0.2) is 0 Å². The van der Waals surface area contributed by atoms with Crippen LogP contribution in [0.3, 0.4) is 0 Å². The van der Waals surface area contributed by atoms with Crippen molar-refractivity contribution in [1.29, 1.82) is 0 Å². The summed E-state index contributed by atoms with van der Waals surface area (Å²) < 4.78 is 4.69. The minimum absolute atomic E-state index is 0.0325. The van der Waals surface area contributed by atoms with E-state index in [1.54, 1.807) is 6.92 Å². The molecule has 0 saturated heterocycles. The maximum absolute atomic E-state index is 10.5. The van der Waals surface area contributed by atoms with Crippen molar-refractivity contribution in [2.75, 3.05) is 6.61 Å². The van der Waals surface area contributed by atoms with E-state index in [4.69, 9.17) is 11.6 Å². The van der Waals surface area contributed by atoms with Gasteiger partial charge in [0.1, 0.15) is 0 Å². The Balaban J connectivity index is 3.39. The molecule has 0 amide bonds. The quantitative estimate of drug-likeness (QED) is 0.361. The maximum Gasteiger partial charge on any atom is 0.312 e. The third-order valence-corrected chi connectivity index (χ3v) is 0.867. The molecule has 0 heterocycles. The van der Waals surface area contributed by atoms with Crippen LogP contribution >= 0.6 is 23.8 Å². The molecule has 0 aromatic rings. The summed E-state index contributed by atoms with van der Waals surface area (Å²) in [5.41, 5.74) is 0. The van der Waals surface area contributed by atoms with Crippen molar-refractivity contribution in [2.45, 2.75) is 13.3 Å². The summed E-state index contributed by atoms with van der Waals surface area (Å²) in [6.07, 6.45) is 0.0325. The Bertz CT molecular complexity index is 124.